The molecule has 4 heteroatoms. The average molecular weight is 297 g/mol. The minimum absolute atomic E-state index is 0.239. The molecule has 0 aromatic heterocycles. The molecule has 1 N–H and O–H groups in total. The van der Waals surface area contributed by atoms with E-state index in [9.17, 15) is 9.90 Å². The second kappa shape index (κ2) is 8.14. The number of hydrogen-bond donors (Lipinski definition) is 1. The number of rotatable bonds is 6. The summed E-state index contributed by atoms with van der Waals surface area (Å²) < 4.78 is 5.57. The summed E-state index contributed by atoms with van der Waals surface area (Å²) in [5.74, 6) is 0.798. The fraction of sp³-hybridized carbons (Fsp3) is 0.941. The molecule has 1 saturated heterocycles. The van der Waals surface area contributed by atoms with Crippen molar-refractivity contribution in [1.82, 2.24) is 4.90 Å². The summed E-state index contributed by atoms with van der Waals surface area (Å²) in [4.78, 5) is 14.7. The van der Waals surface area contributed by atoms with Gasteiger partial charge >= 0.3 is 0 Å². The van der Waals surface area contributed by atoms with Gasteiger partial charge in [0, 0.05) is 25.6 Å². The van der Waals surface area contributed by atoms with Gasteiger partial charge in [-0.05, 0) is 51.9 Å². The van der Waals surface area contributed by atoms with Crippen LogP contribution >= 0.6 is 0 Å². The second-order valence-electron chi connectivity index (χ2n) is 6.79. The van der Waals surface area contributed by atoms with Crippen molar-refractivity contribution >= 4 is 5.91 Å². The third kappa shape index (κ3) is 4.96. The topological polar surface area (TPSA) is 49.8 Å². The van der Waals surface area contributed by atoms with Crippen LogP contribution in [-0.2, 0) is 9.53 Å². The Labute approximate surface area is 128 Å². The summed E-state index contributed by atoms with van der Waals surface area (Å²) >= 11 is 0. The summed E-state index contributed by atoms with van der Waals surface area (Å²) in [5.41, 5.74) is 0. The minimum Gasteiger partial charge on any atom is -0.393 e. The number of aliphatic hydroxyl groups is 1. The van der Waals surface area contributed by atoms with E-state index in [0.717, 1.165) is 45.3 Å². The molecule has 1 aliphatic heterocycles. The maximum atomic E-state index is 12.6. The molecule has 1 saturated carbocycles. The van der Waals surface area contributed by atoms with E-state index in [4.69, 9.17) is 4.74 Å². The lowest BCUT2D eigenvalue weighted by molar-refractivity contribution is -0.137. The molecule has 0 aromatic rings. The average Bonchev–Trinajstić information content (AvgIpc) is 2.61. The maximum Gasteiger partial charge on any atom is 0.223 e. The standard InChI is InChI=1S/C17H31NO3/c1-3-21-16-10-14(11-16)12-17(20)18-8-6-4-5-7-15(18)9-13(2)19/h13-16,19H,3-12H2,1-2H3. The SMILES string of the molecule is CCOC1CC(CC(=O)N2CCCCCC2CC(C)O)C1. The molecule has 2 aliphatic rings. The first kappa shape index (κ1) is 16.8. The smallest absolute Gasteiger partial charge is 0.223 e. The first-order valence-corrected chi connectivity index (χ1v) is 8.69. The normalized spacial score (nSPS) is 31.4. The molecular formula is C17H31NO3. The number of likely N-dealkylation sites (tertiary alicyclic amines) is 1. The number of nitrogens with zero attached hydrogens (tertiary/aromatic N) is 1. The molecule has 1 aliphatic carbocycles. The van der Waals surface area contributed by atoms with Crippen LogP contribution in [0.1, 0.15) is 65.2 Å². The fourth-order valence-corrected chi connectivity index (χ4v) is 3.72. The molecule has 0 spiro atoms. The highest BCUT2D eigenvalue weighted by Gasteiger charge is 2.34. The number of carbonyl (C=O) groups is 1. The summed E-state index contributed by atoms with van der Waals surface area (Å²) in [6.45, 7) is 5.49. The van der Waals surface area contributed by atoms with Crippen molar-refractivity contribution in [3.05, 3.63) is 0 Å². The quantitative estimate of drug-likeness (QED) is 0.820. The van der Waals surface area contributed by atoms with E-state index < -0.39 is 0 Å². The Morgan fingerprint density at radius 1 is 1.33 bits per heavy atom. The summed E-state index contributed by atoms with van der Waals surface area (Å²) in [6.07, 6.45) is 8.05. The second-order valence-corrected chi connectivity index (χ2v) is 6.79. The molecule has 1 heterocycles. The number of carbonyl (C=O) groups excluding carboxylic acids is 1. The van der Waals surface area contributed by atoms with Crippen molar-refractivity contribution in [3.63, 3.8) is 0 Å². The van der Waals surface area contributed by atoms with Crippen LogP contribution in [0.2, 0.25) is 0 Å². The van der Waals surface area contributed by atoms with E-state index >= 15 is 0 Å². The summed E-state index contributed by atoms with van der Waals surface area (Å²) in [6, 6.07) is 0.239. The Morgan fingerprint density at radius 3 is 2.76 bits per heavy atom. The van der Waals surface area contributed by atoms with Crippen LogP contribution < -0.4 is 0 Å². The van der Waals surface area contributed by atoms with Crippen molar-refractivity contribution in [2.24, 2.45) is 5.92 Å². The highest BCUT2D eigenvalue weighted by molar-refractivity contribution is 5.77. The van der Waals surface area contributed by atoms with Crippen molar-refractivity contribution in [3.8, 4) is 0 Å². The van der Waals surface area contributed by atoms with Gasteiger partial charge in [-0.25, -0.2) is 0 Å². The molecule has 4 nitrogen and oxygen atoms in total. The predicted molar refractivity (Wildman–Crippen MR) is 83.0 cm³/mol. The molecule has 21 heavy (non-hydrogen) atoms. The lowest BCUT2D eigenvalue weighted by Gasteiger charge is -2.37. The fourth-order valence-electron chi connectivity index (χ4n) is 3.72. The van der Waals surface area contributed by atoms with Crippen molar-refractivity contribution in [1.29, 1.82) is 0 Å². The van der Waals surface area contributed by atoms with Crippen LogP contribution in [0.4, 0.5) is 0 Å². The third-order valence-electron chi connectivity index (χ3n) is 4.87. The Hall–Kier alpha value is -0.610. The van der Waals surface area contributed by atoms with Gasteiger partial charge in [-0.3, -0.25) is 4.79 Å². The number of amides is 1. The van der Waals surface area contributed by atoms with Crippen LogP contribution in [0.15, 0.2) is 0 Å². The van der Waals surface area contributed by atoms with Gasteiger partial charge in [0.15, 0.2) is 0 Å². The Bertz CT molecular complexity index is 326. The first-order valence-electron chi connectivity index (χ1n) is 8.69. The molecular weight excluding hydrogens is 266 g/mol. The van der Waals surface area contributed by atoms with Crippen molar-refractivity contribution in [2.75, 3.05) is 13.2 Å². The van der Waals surface area contributed by atoms with E-state index in [1.807, 2.05) is 13.8 Å². The maximum absolute atomic E-state index is 12.6. The van der Waals surface area contributed by atoms with E-state index in [-0.39, 0.29) is 12.1 Å². The molecule has 2 rings (SSSR count). The number of ether oxygens (including phenoxy) is 1. The zero-order valence-electron chi connectivity index (χ0n) is 13.6. The molecule has 0 radical (unpaired) electrons. The van der Waals surface area contributed by atoms with Crippen LogP contribution in [0.5, 0.6) is 0 Å². The van der Waals surface area contributed by atoms with Crippen molar-refractivity contribution in [2.45, 2.75) is 83.5 Å². The molecule has 122 valence electrons. The van der Waals surface area contributed by atoms with E-state index in [1.54, 1.807) is 0 Å². The zero-order valence-corrected chi connectivity index (χ0v) is 13.6. The summed E-state index contributed by atoms with van der Waals surface area (Å²) in [5, 5.41) is 9.67. The van der Waals surface area contributed by atoms with Gasteiger partial charge < -0.3 is 14.7 Å². The number of aliphatic hydroxyl groups excluding tert-OH is 1. The molecule has 1 amide bonds. The van der Waals surface area contributed by atoms with Gasteiger partial charge in [0.2, 0.25) is 5.91 Å². The van der Waals surface area contributed by atoms with Gasteiger partial charge in [0.25, 0.3) is 0 Å². The van der Waals surface area contributed by atoms with Gasteiger partial charge in [-0.1, -0.05) is 12.8 Å². The lowest BCUT2D eigenvalue weighted by atomic mass is 9.79. The first-order chi connectivity index (χ1) is 10.1. The van der Waals surface area contributed by atoms with Crippen LogP contribution in [-0.4, -0.2) is 47.3 Å². The van der Waals surface area contributed by atoms with Gasteiger partial charge in [0.05, 0.1) is 12.2 Å². The molecule has 2 fully saturated rings. The minimum atomic E-state index is -0.325. The Morgan fingerprint density at radius 2 is 2.10 bits per heavy atom. The number of hydrogen-bond acceptors (Lipinski definition) is 3. The molecule has 0 aromatic carbocycles. The summed E-state index contributed by atoms with van der Waals surface area (Å²) in [7, 11) is 0. The Kier molecular flexibility index (Phi) is 6.49. The largest absolute Gasteiger partial charge is 0.393 e. The Balaban J connectivity index is 1.83. The molecule has 0 bridgehead atoms. The highest BCUT2D eigenvalue weighted by Crippen LogP contribution is 2.34. The van der Waals surface area contributed by atoms with Gasteiger partial charge in [-0.2, -0.15) is 0 Å². The zero-order chi connectivity index (χ0) is 15.2. The van der Waals surface area contributed by atoms with Crippen LogP contribution in [0, 0.1) is 5.92 Å². The van der Waals surface area contributed by atoms with Crippen molar-refractivity contribution < 1.29 is 14.6 Å². The monoisotopic (exact) mass is 297 g/mol. The third-order valence-corrected chi connectivity index (χ3v) is 4.87. The van der Waals surface area contributed by atoms with E-state index in [1.165, 1.54) is 12.8 Å². The predicted octanol–water partition coefficient (Wildman–Crippen LogP) is 2.73. The van der Waals surface area contributed by atoms with Crippen LogP contribution in [0.25, 0.3) is 0 Å². The van der Waals surface area contributed by atoms with Crippen LogP contribution in [0.3, 0.4) is 0 Å². The van der Waals surface area contributed by atoms with Gasteiger partial charge in [-0.15, -0.1) is 0 Å². The molecule has 2 atom stereocenters. The van der Waals surface area contributed by atoms with E-state index in [2.05, 4.69) is 4.90 Å². The lowest BCUT2D eigenvalue weighted by Crippen LogP contribution is -2.44. The highest BCUT2D eigenvalue weighted by atomic mass is 16.5. The van der Waals surface area contributed by atoms with Gasteiger partial charge in [0.1, 0.15) is 0 Å². The molecule has 2 unspecified atom stereocenters. The van der Waals surface area contributed by atoms with E-state index in [0.29, 0.717) is 24.3 Å².